The third kappa shape index (κ3) is 4.91. The highest BCUT2D eigenvalue weighted by Gasteiger charge is 2.28. The van der Waals surface area contributed by atoms with Gasteiger partial charge in [-0.3, -0.25) is 14.5 Å². The second-order valence-electron chi connectivity index (χ2n) is 6.49. The number of methoxy groups -OCH3 is 1. The molecule has 10 heteroatoms. The number of anilines is 1. The van der Waals surface area contributed by atoms with E-state index in [-0.39, 0.29) is 43.0 Å². The van der Waals surface area contributed by atoms with Gasteiger partial charge in [0, 0.05) is 18.6 Å². The molecule has 2 aromatic carbocycles. The van der Waals surface area contributed by atoms with Crippen LogP contribution in [0, 0.1) is 0 Å². The van der Waals surface area contributed by atoms with Crippen molar-refractivity contribution in [3.05, 3.63) is 47.0 Å². The Labute approximate surface area is 176 Å². The average Bonchev–Trinajstić information content (AvgIpc) is 2.70. The van der Waals surface area contributed by atoms with Crippen LogP contribution in [0.4, 0.5) is 14.5 Å². The van der Waals surface area contributed by atoms with Crippen molar-refractivity contribution < 1.29 is 32.6 Å². The number of alkyl halides is 2. The van der Waals surface area contributed by atoms with Crippen molar-refractivity contribution >= 4 is 29.1 Å². The van der Waals surface area contributed by atoms with Gasteiger partial charge in [-0.05, 0) is 35.9 Å². The SMILES string of the molecule is COc1cc(CN(C)C(=O)CN2C(=O)COc3ccc(Cl)cc32)ccc1OC(F)F. The third-order valence-electron chi connectivity index (χ3n) is 4.45. The molecule has 0 saturated heterocycles. The zero-order valence-corrected chi connectivity index (χ0v) is 17.0. The van der Waals surface area contributed by atoms with E-state index in [9.17, 15) is 18.4 Å². The molecule has 1 heterocycles. The molecule has 0 unspecified atom stereocenters. The topological polar surface area (TPSA) is 68.3 Å². The van der Waals surface area contributed by atoms with Gasteiger partial charge in [0.25, 0.3) is 5.91 Å². The number of benzene rings is 2. The molecule has 30 heavy (non-hydrogen) atoms. The average molecular weight is 441 g/mol. The molecule has 0 aromatic heterocycles. The Bertz CT molecular complexity index is 957. The number of hydrogen-bond donors (Lipinski definition) is 0. The first-order chi connectivity index (χ1) is 14.3. The van der Waals surface area contributed by atoms with Crippen molar-refractivity contribution in [1.29, 1.82) is 0 Å². The maximum absolute atomic E-state index is 12.7. The van der Waals surface area contributed by atoms with Crippen LogP contribution >= 0.6 is 11.6 Å². The fourth-order valence-corrected chi connectivity index (χ4v) is 3.14. The van der Waals surface area contributed by atoms with Crippen LogP contribution in [0.2, 0.25) is 5.02 Å². The molecule has 1 aliphatic heterocycles. The smallest absolute Gasteiger partial charge is 0.387 e. The van der Waals surface area contributed by atoms with Crippen molar-refractivity contribution in [1.82, 2.24) is 4.90 Å². The number of nitrogens with zero attached hydrogens (tertiary/aromatic N) is 2. The third-order valence-corrected chi connectivity index (χ3v) is 4.68. The second-order valence-corrected chi connectivity index (χ2v) is 6.93. The van der Waals surface area contributed by atoms with Crippen LogP contribution in [-0.4, -0.2) is 50.6 Å². The van der Waals surface area contributed by atoms with Crippen LogP contribution in [0.15, 0.2) is 36.4 Å². The van der Waals surface area contributed by atoms with Gasteiger partial charge in [-0.15, -0.1) is 0 Å². The first-order valence-corrected chi connectivity index (χ1v) is 9.24. The Morgan fingerprint density at radius 3 is 2.73 bits per heavy atom. The second kappa shape index (κ2) is 9.17. The van der Waals surface area contributed by atoms with Crippen LogP contribution in [-0.2, 0) is 16.1 Å². The molecule has 3 rings (SSSR count). The summed E-state index contributed by atoms with van der Waals surface area (Å²) in [6.45, 7) is -3.17. The molecule has 2 amide bonds. The summed E-state index contributed by atoms with van der Waals surface area (Å²) in [5.41, 5.74) is 1.07. The number of ether oxygens (including phenoxy) is 3. The lowest BCUT2D eigenvalue weighted by Gasteiger charge is -2.30. The number of amides is 2. The highest BCUT2D eigenvalue weighted by Crippen LogP contribution is 2.34. The maximum Gasteiger partial charge on any atom is 0.387 e. The van der Waals surface area contributed by atoms with Crippen LogP contribution in [0.1, 0.15) is 5.56 Å². The van der Waals surface area contributed by atoms with Crippen molar-refractivity contribution in [2.75, 3.05) is 32.2 Å². The molecule has 0 atom stereocenters. The molecule has 1 aliphatic rings. The zero-order valence-electron chi connectivity index (χ0n) is 16.2. The minimum absolute atomic E-state index is 0.0994. The van der Waals surface area contributed by atoms with Crippen LogP contribution in [0.25, 0.3) is 0 Å². The van der Waals surface area contributed by atoms with Crippen molar-refractivity contribution in [3.8, 4) is 17.2 Å². The summed E-state index contributed by atoms with van der Waals surface area (Å²) in [5, 5.41) is 0.413. The molecule has 2 aromatic rings. The lowest BCUT2D eigenvalue weighted by atomic mass is 10.2. The monoisotopic (exact) mass is 440 g/mol. The van der Waals surface area contributed by atoms with Gasteiger partial charge in [-0.25, -0.2) is 0 Å². The summed E-state index contributed by atoms with van der Waals surface area (Å²) in [6, 6.07) is 9.25. The van der Waals surface area contributed by atoms with E-state index in [0.29, 0.717) is 22.0 Å². The number of carbonyl (C=O) groups excluding carboxylic acids is 2. The highest BCUT2D eigenvalue weighted by atomic mass is 35.5. The lowest BCUT2D eigenvalue weighted by molar-refractivity contribution is -0.131. The van der Waals surface area contributed by atoms with Crippen LogP contribution < -0.4 is 19.1 Å². The van der Waals surface area contributed by atoms with E-state index >= 15 is 0 Å². The largest absolute Gasteiger partial charge is 0.493 e. The summed E-state index contributed by atoms with van der Waals surface area (Å²) < 4.78 is 39.8. The van der Waals surface area contributed by atoms with E-state index in [1.54, 1.807) is 31.3 Å². The standard InChI is InChI=1S/C20H19ClF2N2O5/c1-24(9-12-3-5-16(30-20(22)23)17(7-12)28-2)18(26)10-25-14-8-13(21)4-6-15(14)29-11-19(25)27/h3-8,20H,9-11H2,1-2H3. The fraction of sp³-hybridized carbons (Fsp3) is 0.300. The predicted octanol–water partition coefficient (Wildman–Crippen LogP) is 3.33. The summed E-state index contributed by atoms with van der Waals surface area (Å²) >= 11 is 6.01. The first-order valence-electron chi connectivity index (χ1n) is 8.87. The van der Waals surface area contributed by atoms with Gasteiger partial charge in [-0.1, -0.05) is 17.7 Å². The minimum atomic E-state index is -2.98. The fourth-order valence-electron chi connectivity index (χ4n) is 2.97. The molecule has 7 nitrogen and oxygen atoms in total. The van der Waals surface area contributed by atoms with Gasteiger partial charge in [0.1, 0.15) is 12.3 Å². The quantitative estimate of drug-likeness (QED) is 0.660. The molecule has 0 bridgehead atoms. The van der Waals surface area contributed by atoms with Crippen molar-refractivity contribution in [2.24, 2.45) is 0 Å². The van der Waals surface area contributed by atoms with Crippen molar-refractivity contribution in [3.63, 3.8) is 0 Å². The Kier molecular flexibility index (Phi) is 6.61. The van der Waals surface area contributed by atoms with Crippen molar-refractivity contribution in [2.45, 2.75) is 13.2 Å². The predicted molar refractivity (Wildman–Crippen MR) is 105 cm³/mol. The number of likely N-dealkylation sites (N-methyl/N-ethyl adjacent to an activating group) is 1. The van der Waals surface area contributed by atoms with Crippen LogP contribution in [0.3, 0.4) is 0 Å². The molecule has 0 radical (unpaired) electrons. The van der Waals surface area contributed by atoms with Crippen LogP contribution in [0.5, 0.6) is 17.2 Å². The molecule has 0 aliphatic carbocycles. The van der Waals surface area contributed by atoms with E-state index in [1.807, 2.05) is 0 Å². The Morgan fingerprint density at radius 1 is 1.27 bits per heavy atom. The molecular weight excluding hydrogens is 422 g/mol. The zero-order chi connectivity index (χ0) is 21.8. The van der Waals surface area contributed by atoms with Gasteiger partial charge in [0.05, 0.1) is 12.8 Å². The molecule has 0 saturated carbocycles. The summed E-state index contributed by atoms with van der Waals surface area (Å²) in [7, 11) is 2.90. The normalized spacial score (nSPS) is 13.0. The van der Waals surface area contributed by atoms with Gasteiger partial charge in [0.2, 0.25) is 5.91 Å². The molecule has 0 N–H and O–H groups in total. The first kappa shape index (κ1) is 21.6. The van der Waals surface area contributed by atoms with Gasteiger partial charge >= 0.3 is 6.61 Å². The Balaban J connectivity index is 1.71. The van der Waals surface area contributed by atoms with Gasteiger partial charge in [-0.2, -0.15) is 8.78 Å². The molecular formula is C20H19ClF2N2O5. The number of rotatable bonds is 7. The van der Waals surface area contributed by atoms with Gasteiger partial charge in [0.15, 0.2) is 18.1 Å². The number of fused-ring (bicyclic) bond motifs is 1. The summed E-state index contributed by atoms with van der Waals surface area (Å²) in [5.74, 6) is -0.197. The van der Waals surface area contributed by atoms with Gasteiger partial charge < -0.3 is 19.1 Å². The summed E-state index contributed by atoms with van der Waals surface area (Å²) in [4.78, 5) is 27.8. The van der Waals surface area contributed by atoms with E-state index in [4.69, 9.17) is 21.1 Å². The lowest BCUT2D eigenvalue weighted by Crippen LogP contribution is -2.45. The minimum Gasteiger partial charge on any atom is -0.493 e. The van der Waals surface area contributed by atoms with E-state index in [0.717, 1.165) is 0 Å². The molecule has 160 valence electrons. The van der Waals surface area contributed by atoms with E-state index < -0.39 is 6.61 Å². The van der Waals surface area contributed by atoms with E-state index in [1.165, 1.54) is 29.0 Å². The highest BCUT2D eigenvalue weighted by molar-refractivity contribution is 6.31. The number of halogens is 3. The number of hydrogen-bond acceptors (Lipinski definition) is 5. The summed E-state index contributed by atoms with van der Waals surface area (Å²) in [6.07, 6.45) is 0. The Morgan fingerprint density at radius 2 is 2.03 bits per heavy atom. The molecule has 0 fully saturated rings. The molecule has 0 spiro atoms. The number of carbonyl (C=O) groups is 2. The maximum atomic E-state index is 12.7. The Hall–Kier alpha value is -3.07. The van der Waals surface area contributed by atoms with E-state index in [2.05, 4.69) is 4.74 Å².